The van der Waals surface area contributed by atoms with Gasteiger partial charge in [0.25, 0.3) is 6.47 Å². The number of carbonyl (C=O) groups is 1. The smallest absolute Gasteiger partial charge is 0.293 e. The van der Waals surface area contributed by atoms with Crippen LogP contribution in [0.1, 0.15) is 26.2 Å². The molecule has 0 spiro atoms. The summed E-state index contributed by atoms with van der Waals surface area (Å²) in [4.78, 5) is 9.18. The summed E-state index contributed by atoms with van der Waals surface area (Å²) in [5.74, 6) is 0. The van der Waals surface area contributed by atoms with Crippen molar-refractivity contribution in [2.75, 3.05) is 6.61 Å². The minimum Gasteiger partial charge on any atom is -0.468 e. The second-order valence-corrected chi connectivity index (χ2v) is 2.24. The van der Waals surface area contributed by atoms with E-state index in [2.05, 4.69) is 4.74 Å². The van der Waals surface area contributed by atoms with Crippen LogP contribution in [0.15, 0.2) is 0 Å². The largest absolute Gasteiger partial charge is 0.468 e. The number of ether oxygens (including phenoxy) is 1. The number of hydrogen-bond acceptors (Lipinski definition) is 3. The Bertz CT molecular complexity index is 81.7. The molecule has 60 valence electrons. The summed E-state index contributed by atoms with van der Waals surface area (Å²) >= 11 is 0. The monoisotopic (exact) mass is 145 g/mol. The van der Waals surface area contributed by atoms with Crippen molar-refractivity contribution in [1.82, 2.24) is 0 Å². The third-order valence-corrected chi connectivity index (χ3v) is 1.38. The first-order chi connectivity index (χ1) is 4.81. The van der Waals surface area contributed by atoms with Crippen LogP contribution in [0.2, 0.25) is 0 Å². The number of hydrogen-bond donors (Lipinski definition) is 1. The van der Waals surface area contributed by atoms with Gasteiger partial charge < -0.3 is 10.5 Å². The summed E-state index contributed by atoms with van der Waals surface area (Å²) in [5, 5.41) is 0. The van der Waals surface area contributed by atoms with Gasteiger partial charge in [0, 0.05) is 6.04 Å². The van der Waals surface area contributed by atoms with Gasteiger partial charge in [-0.25, -0.2) is 0 Å². The molecule has 1 fully saturated rings. The second kappa shape index (κ2) is 6.55. The van der Waals surface area contributed by atoms with Gasteiger partial charge in [0.15, 0.2) is 0 Å². The van der Waals surface area contributed by atoms with Crippen molar-refractivity contribution in [2.45, 2.75) is 32.2 Å². The molecule has 0 amide bonds. The zero-order valence-electron chi connectivity index (χ0n) is 6.38. The summed E-state index contributed by atoms with van der Waals surface area (Å²) < 4.78 is 4.15. The van der Waals surface area contributed by atoms with Crippen LogP contribution in [0.5, 0.6) is 0 Å². The normalized spacial score (nSPS) is 16.2. The quantitative estimate of drug-likeness (QED) is 0.581. The topological polar surface area (TPSA) is 52.3 Å². The van der Waals surface area contributed by atoms with E-state index in [1.807, 2.05) is 0 Å². The van der Waals surface area contributed by atoms with Crippen molar-refractivity contribution in [3.63, 3.8) is 0 Å². The third-order valence-electron chi connectivity index (χ3n) is 1.38. The fourth-order valence-corrected chi connectivity index (χ4v) is 0.508. The molecular weight excluding hydrogens is 130 g/mol. The van der Waals surface area contributed by atoms with E-state index >= 15 is 0 Å². The molecule has 3 heteroatoms. The van der Waals surface area contributed by atoms with E-state index < -0.39 is 0 Å². The minimum absolute atomic E-state index is 0.431. The molecule has 10 heavy (non-hydrogen) atoms. The van der Waals surface area contributed by atoms with Crippen LogP contribution in [0, 0.1) is 0 Å². The lowest BCUT2D eigenvalue weighted by molar-refractivity contribution is -0.128. The highest BCUT2D eigenvalue weighted by atomic mass is 16.5. The lowest BCUT2D eigenvalue weighted by Gasteiger charge is -2.18. The molecule has 0 heterocycles. The van der Waals surface area contributed by atoms with E-state index in [0.717, 1.165) is 0 Å². The molecule has 1 aliphatic carbocycles. The molecule has 0 bridgehead atoms. The van der Waals surface area contributed by atoms with Gasteiger partial charge in [0.1, 0.15) is 0 Å². The maximum Gasteiger partial charge on any atom is 0.293 e. The van der Waals surface area contributed by atoms with Crippen LogP contribution in [-0.2, 0) is 9.53 Å². The molecule has 3 nitrogen and oxygen atoms in total. The minimum atomic E-state index is 0.431. The Morgan fingerprint density at radius 1 is 1.70 bits per heavy atom. The van der Waals surface area contributed by atoms with Crippen LogP contribution in [-0.4, -0.2) is 19.1 Å². The first-order valence-corrected chi connectivity index (χ1v) is 3.62. The second-order valence-electron chi connectivity index (χ2n) is 2.24. The molecule has 1 rings (SSSR count). The van der Waals surface area contributed by atoms with E-state index in [9.17, 15) is 4.79 Å². The maximum absolute atomic E-state index is 9.18. The first kappa shape index (κ1) is 9.43. The highest BCUT2D eigenvalue weighted by Crippen LogP contribution is 2.14. The van der Waals surface area contributed by atoms with Crippen molar-refractivity contribution in [3.8, 4) is 0 Å². The molecule has 0 aliphatic heterocycles. The molecule has 2 N–H and O–H groups in total. The van der Waals surface area contributed by atoms with E-state index in [4.69, 9.17) is 5.73 Å². The molecule has 0 aromatic carbocycles. The number of rotatable bonds is 2. The SMILES string of the molecule is CCOC=O.NC1CCC1. The van der Waals surface area contributed by atoms with Crippen molar-refractivity contribution in [1.29, 1.82) is 0 Å². The van der Waals surface area contributed by atoms with E-state index in [-0.39, 0.29) is 0 Å². The Morgan fingerprint density at radius 2 is 2.20 bits per heavy atom. The van der Waals surface area contributed by atoms with Gasteiger partial charge in [-0.1, -0.05) is 6.42 Å². The van der Waals surface area contributed by atoms with Crippen LogP contribution < -0.4 is 5.73 Å². The molecule has 0 radical (unpaired) electrons. The molecule has 1 saturated carbocycles. The highest BCUT2D eigenvalue weighted by molar-refractivity contribution is 5.36. The fraction of sp³-hybridized carbons (Fsp3) is 0.857. The summed E-state index contributed by atoms with van der Waals surface area (Å²) in [6, 6.07) is 0.565. The van der Waals surface area contributed by atoms with Gasteiger partial charge in [-0.2, -0.15) is 0 Å². The Labute approximate surface area is 61.5 Å². The molecule has 0 unspecified atom stereocenters. The van der Waals surface area contributed by atoms with Crippen LogP contribution in [0.4, 0.5) is 0 Å². The Kier molecular flexibility index (Phi) is 6.18. The zero-order chi connectivity index (χ0) is 7.82. The number of carbonyl (C=O) groups excluding carboxylic acids is 1. The third kappa shape index (κ3) is 5.56. The Balaban J connectivity index is 0.000000162. The molecule has 0 saturated heterocycles. The summed E-state index contributed by atoms with van der Waals surface area (Å²) in [7, 11) is 0. The maximum atomic E-state index is 9.18. The van der Waals surface area contributed by atoms with E-state index in [1.165, 1.54) is 19.3 Å². The summed E-state index contributed by atoms with van der Waals surface area (Å²) in [6.07, 6.45) is 3.89. The van der Waals surface area contributed by atoms with Gasteiger partial charge in [-0.3, -0.25) is 4.79 Å². The van der Waals surface area contributed by atoms with Gasteiger partial charge in [-0.15, -0.1) is 0 Å². The Hall–Kier alpha value is -0.570. The van der Waals surface area contributed by atoms with Gasteiger partial charge in [-0.05, 0) is 19.8 Å². The lowest BCUT2D eigenvalue weighted by Crippen LogP contribution is -2.27. The van der Waals surface area contributed by atoms with Crippen LogP contribution >= 0.6 is 0 Å². The highest BCUT2D eigenvalue weighted by Gasteiger charge is 2.09. The average Bonchev–Trinajstić information content (AvgIpc) is 1.87. The van der Waals surface area contributed by atoms with Gasteiger partial charge in [0.2, 0.25) is 0 Å². The van der Waals surface area contributed by atoms with Crippen molar-refractivity contribution < 1.29 is 9.53 Å². The molecular formula is C7H15NO2. The predicted octanol–water partition coefficient (Wildman–Crippen LogP) is 0.677. The molecule has 1 aliphatic rings. The molecule has 0 aromatic heterocycles. The van der Waals surface area contributed by atoms with Crippen LogP contribution in [0.3, 0.4) is 0 Å². The van der Waals surface area contributed by atoms with Crippen LogP contribution in [0.25, 0.3) is 0 Å². The van der Waals surface area contributed by atoms with Crippen molar-refractivity contribution in [2.24, 2.45) is 5.73 Å². The molecule has 0 atom stereocenters. The predicted molar refractivity (Wildman–Crippen MR) is 39.5 cm³/mol. The summed E-state index contributed by atoms with van der Waals surface area (Å²) in [6.45, 7) is 2.66. The van der Waals surface area contributed by atoms with E-state index in [1.54, 1.807) is 6.92 Å². The lowest BCUT2D eigenvalue weighted by atomic mass is 9.95. The van der Waals surface area contributed by atoms with Gasteiger partial charge >= 0.3 is 0 Å². The zero-order valence-corrected chi connectivity index (χ0v) is 6.38. The summed E-state index contributed by atoms with van der Waals surface area (Å²) in [5.41, 5.74) is 5.38. The number of nitrogens with two attached hydrogens (primary N) is 1. The first-order valence-electron chi connectivity index (χ1n) is 3.62. The molecule has 0 aromatic rings. The Morgan fingerprint density at radius 3 is 2.20 bits per heavy atom. The van der Waals surface area contributed by atoms with E-state index in [0.29, 0.717) is 19.1 Å². The fourth-order valence-electron chi connectivity index (χ4n) is 0.508. The standard InChI is InChI=1S/C4H9N.C3H6O2/c5-4-2-1-3-4;1-2-5-3-4/h4H,1-3,5H2;3H,2H2,1H3. The van der Waals surface area contributed by atoms with Crippen molar-refractivity contribution >= 4 is 6.47 Å². The van der Waals surface area contributed by atoms with Gasteiger partial charge in [0.05, 0.1) is 6.61 Å². The van der Waals surface area contributed by atoms with Crippen molar-refractivity contribution in [3.05, 3.63) is 0 Å². The average molecular weight is 145 g/mol.